The van der Waals surface area contributed by atoms with E-state index in [0.717, 1.165) is 12.1 Å². The van der Waals surface area contributed by atoms with Gasteiger partial charge < -0.3 is 10.1 Å². The van der Waals surface area contributed by atoms with Gasteiger partial charge in [0.25, 0.3) is 0 Å². The Balaban J connectivity index is 1.79. The average Bonchev–Trinajstić information content (AvgIpc) is 2.68. The van der Waals surface area contributed by atoms with Gasteiger partial charge in [-0.05, 0) is 39.5 Å². The minimum absolute atomic E-state index is 0.449. The lowest BCUT2D eigenvalue weighted by Crippen LogP contribution is -2.42. The van der Waals surface area contributed by atoms with Crippen molar-refractivity contribution in [1.82, 2.24) is 5.32 Å². The molecule has 0 aromatic heterocycles. The average molecular weight is 169 g/mol. The van der Waals surface area contributed by atoms with Crippen molar-refractivity contribution in [1.29, 1.82) is 0 Å². The molecule has 0 amide bonds. The summed E-state index contributed by atoms with van der Waals surface area (Å²) in [6.45, 7) is 4.36. The van der Waals surface area contributed by atoms with Crippen LogP contribution in [0.4, 0.5) is 0 Å². The van der Waals surface area contributed by atoms with Crippen molar-refractivity contribution in [3.05, 3.63) is 0 Å². The zero-order valence-corrected chi connectivity index (χ0v) is 8.05. The van der Waals surface area contributed by atoms with Gasteiger partial charge in [0.15, 0.2) is 0 Å². The van der Waals surface area contributed by atoms with E-state index in [1.807, 2.05) is 0 Å². The van der Waals surface area contributed by atoms with Crippen LogP contribution >= 0.6 is 0 Å². The molecule has 0 aromatic rings. The highest BCUT2D eigenvalue weighted by molar-refractivity contribution is 4.88. The van der Waals surface area contributed by atoms with Crippen LogP contribution in [0.5, 0.6) is 0 Å². The second kappa shape index (κ2) is 3.35. The lowest BCUT2D eigenvalue weighted by Gasteiger charge is -2.32. The van der Waals surface area contributed by atoms with Crippen LogP contribution in [0.25, 0.3) is 0 Å². The highest BCUT2D eigenvalue weighted by atomic mass is 16.5. The molecule has 1 saturated carbocycles. The van der Waals surface area contributed by atoms with E-state index in [-0.39, 0.29) is 0 Å². The first kappa shape index (κ1) is 8.52. The van der Waals surface area contributed by atoms with Crippen LogP contribution < -0.4 is 5.32 Å². The van der Waals surface area contributed by atoms with Gasteiger partial charge in [0, 0.05) is 12.1 Å². The minimum atomic E-state index is 0.449. The van der Waals surface area contributed by atoms with Crippen LogP contribution in [0.2, 0.25) is 0 Å². The van der Waals surface area contributed by atoms with Gasteiger partial charge in [-0.2, -0.15) is 0 Å². The second-order valence-corrected chi connectivity index (χ2v) is 4.37. The van der Waals surface area contributed by atoms with Crippen LogP contribution in [0.3, 0.4) is 0 Å². The highest BCUT2D eigenvalue weighted by Gasteiger charge is 2.29. The van der Waals surface area contributed by atoms with E-state index >= 15 is 0 Å². The standard InChI is InChI=1S/C10H19NO/c1-7-5-10(6-8(2)12-7)11-9-3-4-9/h7-11H,3-6H2,1-2H3. The van der Waals surface area contributed by atoms with E-state index in [4.69, 9.17) is 4.74 Å². The monoisotopic (exact) mass is 169 g/mol. The van der Waals surface area contributed by atoms with Crippen molar-refractivity contribution in [2.45, 2.75) is 63.8 Å². The maximum atomic E-state index is 5.68. The Morgan fingerprint density at radius 2 is 1.58 bits per heavy atom. The molecule has 2 nitrogen and oxygen atoms in total. The van der Waals surface area contributed by atoms with E-state index in [1.54, 1.807) is 0 Å². The van der Waals surface area contributed by atoms with Gasteiger partial charge in [0.05, 0.1) is 12.2 Å². The van der Waals surface area contributed by atoms with E-state index in [2.05, 4.69) is 19.2 Å². The largest absolute Gasteiger partial charge is 0.375 e. The summed E-state index contributed by atoms with van der Waals surface area (Å²) in [6, 6.07) is 1.56. The molecule has 1 aliphatic heterocycles. The summed E-state index contributed by atoms with van der Waals surface area (Å²) >= 11 is 0. The summed E-state index contributed by atoms with van der Waals surface area (Å²) < 4.78 is 5.68. The molecule has 1 heterocycles. The molecule has 0 aromatic carbocycles. The molecule has 2 atom stereocenters. The van der Waals surface area contributed by atoms with Crippen LogP contribution in [-0.4, -0.2) is 24.3 Å². The SMILES string of the molecule is CC1CC(NC2CC2)CC(C)O1. The van der Waals surface area contributed by atoms with E-state index in [9.17, 15) is 0 Å². The number of ether oxygens (including phenoxy) is 1. The zero-order valence-electron chi connectivity index (χ0n) is 8.05. The van der Waals surface area contributed by atoms with Crippen molar-refractivity contribution < 1.29 is 4.74 Å². The number of hydrogen-bond acceptors (Lipinski definition) is 2. The molecule has 1 N–H and O–H groups in total. The second-order valence-electron chi connectivity index (χ2n) is 4.37. The van der Waals surface area contributed by atoms with Gasteiger partial charge in [0.1, 0.15) is 0 Å². The lowest BCUT2D eigenvalue weighted by molar-refractivity contribution is -0.0422. The lowest BCUT2D eigenvalue weighted by atomic mass is 10.00. The molecule has 2 heteroatoms. The molecule has 2 rings (SSSR count). The summed E-state index contributed by atoms with van der Waals surface area (Å²) in [7, 11) is 0. The molecule has 70 valence electrons. The van der Waals surface area contributed by atoms with Gasteiger partial charge in [-0.25, -0.2) is 0 Å². The maximum absolute atomic E-state index is 5.68. The first-order valence-electron chi connectivity index (χ1n) is 5.15. The predicted octanol–water partition coefficient (Wildman–Crippen LogP) is 1.69. The first-order valence-corrected chi connectivity index (χ1v) is 5.15. The Bertz CT molecular complexity index is 143. The molecule has 2 unspecified atom stereocenters. The molecule has 0 radical (unpaired) electrons. The van der Waals surface area contributed by atoms with Gasteiger partial charge in [-0.15, -0.1) is 0 Å². The Morgan fingerprint density at radius 3 is 2.08 bits per heavy atom. The van der Waals surface area contributed by atoms with Crippen LogP contribution in [0, 0.1) is 0 Å². The quantitative estimate of drug-likeness (QED) is 0.679. The third-order valence-electron chi connectivity index (χ3n) is 2.75. The molecule has 1 aliphatic carbocycles. The van der Waals surface area contributed by atoms with E-state index < -0.39 is 0 Å². The van der Waals surface area contributed by atoms with Crippen molar-refractivity contribution in [2.24, 2.45) is 0 Å². The third-order valence-corrected chi connectivity index (χ3v) is 2.75. The van der Waals surface area contributed by atoms with E-state index in [0.29, 0.717) is 12.2 Å². The molecule has 12 heavy (non-hydrogen) atoms. The predicted molar refractivity (Wildman–Crippen MR) is 49.2 cm³/mol. The van der Waals surface area contributed by atoms with Gasteiger partial charge in [-0.1, -0.05) is 0 Å². The molecule has 1 saturated heterocycles. The minimum Gasteiger partial charge on any atom is -0.375 e. The van der Waals surface area contributed by atoms with Crippen LogP contribution in [0.15, 0.2) is 0 Å². The fourth-order valence-corrected chi connectivity index (χ4v) is 2.12. The Morgan fingerprint density at radius 1 is 1.00 bits per heavy atom. The van der Waals surface area contributed by atoms with Crippen molar-refractivity contribution >= 4 is 0 Å². The van der Waals surface area contributed by atoms with Crippen LogP contribution in [0.1, 0.15) is 39.5 Å². The van der Waals surface area contributed by atoms with Gasteiger partial charge in [-0.3, -0.25) is 0 Å². The molecule has 0 spiro atoms. The molecule has 2 fully saturated rings. The molecular formula is C10H19NO. The summed E-state index contributed by atoms with van der Waals surface area (Å²) in [6.07, 6.45) is 6.07. The Hall–Kier alpha value is -0.0800. The highest BCUT2D eigenvalue weighted by Crippen LogP contribution is 2.25. The maximum Gasteiger partial charge on any atom is 0.0565 e. The van der Waals surface area contributed by atoms with Crippen LogP contribution in [-0.2, 0) is 4.74 Å². The topological polar surface area (TPSA) is 21.3 Å². The normalized spacial score (nSPS) is 43.0. The zero-order chi connectivity index (χ0) is 8.55. The first-order chi connectivity index (χ1) is 5.74. The fraction of sp³-hybridized carbons (Fsp3) is 1.00. The fourth-order valence-electron chi connectivity index (χ4n) is 2.12. The Kier molecular flexibility index (Phi) is 2.37. The summed E-state index contributed by atoms with van der Waals surface area (Å²) in [5.41, 5.74) is 0. The summed E-state index contributed by atoms with van der Waals surface area (Å²) in [4.78, 5) is 0. The van der Waals surface area contributed by atoms with Crippen molar-refractivity contribution in [2.75, 3.05) is 0 Å². The van der Waals surface area contributed by atoms with Crippen molar-refractivity contribution in [3.63, 3.8) is 0 Å². The molecular weight excluding hydrogens is 150 g/mol. The summed E-state index contributed by atoms with van der Waals surface area (Å²) in [5, 5.41) is 3.67. The summed E-state index contributed by atoms with van der Waals surface area (Å²) in [5.74, 6) is 0. The number of rotatable bonds is 2. The number of hydrogen-bond donors (Lipinski definition) is 1. The smallest absolute Gasteiger partial charge is 0.0565 e. The third kappa shape index (κ3) is 2.20. The number of nitrogens with one attached hydrogen (secondary N) is 1. The van der Waals surface area contributed by atoms with Gasteiger partial charge in [0.2, 0.25) is 0 Å². The Labute approximate surface area is 74.7 Å². The van der Waals surface area contributed by atoms with E-state index in [1.165, 1.54) is 25.7 Å². The molecule has 2 aliphatic rings. The van der Waals surface area contributed by atoms with Gasteiger partial charge >= 0.3 is 0 Å². The molecule has 0 bridgehead atoms. The van der Waals surface area contributed by atoms with Crippen molar-refractivity contribution in [3.8, 4) is 0 Å².